The predicted octanol–water partition coefficient (Wildman–Crippen LogP) is 4.69. The van der Waals surface area contributed by atoms with Crippen molar-refractivity contribution < 1.29 is 4.74 Å². The highest BCUT2D eigenvalue weighted by Crippen LogP contribution is 2.38. The van der Waals surface area contributed by atoms with Crippen molar-refractivity contribution in [3.8, 4) is 34.0 Å². The minimum absolute atomic E-state index is 0.222. The monoisotopic (exact) mass is 439 g/mol. The number of para-hydroxylation sites is 1. The number of imidazole rings is 1. The summed E-state index contributed by atoms with van der Waals surface area (Å²) >= 11 is 0. The lowest BCUT2D eigenvalue weighted by atomic mass is 10.0. The van der Waals surface area contributed by atoms with Crippen molar-refractivity contribution in [3.05, 3.63) is 67.3 Å². The number of nitrogens with zero attached hydrogens (tertiary/aromatic N) is 6. The smallest absolute Gasteiger partial charge is 0.219 e. The van der Waals surface area contributed by atoms with Gasteiger partial charge in [0.2, 0.25) is 5.95 Å². The highest BCUT2D eigenvalue weighted by molar-refractivity contribution is 5.87. The zero-order chi connectivity index (χ0) is 23.2. The molecule has 0 fully saturated rings. The minimum Gasteiger partial charge on any atom is -0.494 e. The van der Waals surface area contributed by atoms with Crippen molar-refractivity contribution in [1.82, 2.24) is 29.3 Å². The van der Waals surface area contributed by atoms with Crippen LogP contribution in [0.2, 0.25) is 0 Å². The number of hydrogen-bond acceptors (Lipinski definition) is 6. The third kappa shape index (κ3) is 3.59. The van der Waals surface area contributed by atoms with Gasteiger partial charge in [0.05, 0.1) is 18.1 Å². The molecule has 0 radical (unpaired) electrons. The number of nitrogen functional groups attached to an aromatic ring is 1. The minimum atomic E-state index is -0.222. The summed E-state index contributed by atoms with van der Waals surface area (Å²) in [5.74, 6) is 1.82. The van der Waals surface area contributed by atoms with E-state index in [1.54, 1.807) is 25.7 Å². The zero-order valence-electron chi connectivity index (χ0n) is 19.0. The Morgan fingerprint density at radius 1 is 0.970 bits per heavy atom. The van der Waals surface area contributed by atoms with Crippen LogP contribution in [0.3, 0.4) is 0 Å². The van der Waals surface area contributed by atoms with Gasteiger partial charge in [-0.3, -0.25) is 0 Å². The van der Waals surface area contributed by atoms with Gasteiger partial charge in [0.15, 0.2) is 0 Å². The first-order valence-electron chi connectivity index (χ1n) is 10.6. The molecule has 3 heterocycles. The molecular weight excluding hydrogens is 414 g/mol. The van der Waals surface area contributed by atoms with Crippen molar-refractivity contribution in [2.45, 2.75) is 26.3 Å². The van der Waals surface area contributed by atoms with E-state index in [0.717, 1.165) is 45.0 Å². The quantitative estimate of drug-likeness (QED) is 0.436. The van der Waals surface area contributed by atoms with Gasteiger partial charge in [-0.25, -0.2) is 19.6 Å². The van der Waals surface area contributed by atoms with Crippen LogP contribution < -0.4 is 10.5 Å². The molecule has 5 rings (SSSR count). The number of rotatable bonds is 4. The van der Waals surface area contributed by atoms with E-state index in [1.165, 1.54) is 0 Å². The van der Waals surface area contributed by atoms with Crippen LogP contribution >= 0.6 is 0 Å². The van der Waals surface area contributed by atoms with E-state index >= 15 is 0 Å². The number of methoxy groups -OCH3 is 1. The summed E-state index contributed by atoms with van der Waals surface area (Å²) in [4.78, 5) is 13.3. The molecule has 8 heteroatoms. The summed E-state index contributed by atoms with van der Waals surface area (Å²) in [5, 5.41) is 4.46. The molecule has 0 amide bonds. The first kappa shape index (κ1) is 20.7. The molecule has 0 spiro atoms. The van der Waals surface area contributed by atoms with E-state index in [9.17, 15) is 0 Å². The maximum Gasteiger partial charge on any atom is 0.219 e. The molecular formula is C25H25N7O. The Balaban J connectivity index is 1.78. The molecule has 8 nitrogen and oxygen atoms in total. The summed E-state index contributed by atoms with van der Waals surface area (Å²) in [6.45, 7) is 6.52. The lowest BCUT2D eigenvalue weighted by Gasteiger charge is -2.25. The molecule has 0 aliphatic carbocycles. The zero-order valence-corrected chi connectivity index (χ0v) is 19.0. The van der Waals surface area contributed by atoms with Gasteiger partial charge in [-0.2, -0.15) is 5.10 Å². The second-order valence-electron chi connectivity index (χ2n) is 8.78. The fourth-order valence-corrected chi connectivity index (χ4v) is 4.11. The Kier molecular flexibility index (Phi) is 4.85. The number of benzene rings is 2. The molecule has 5 aromatic rings. The van der Waals surface area contributed by atoms with Crippen LogP contribution in [0.1, 0.15) is 20.8 Å². The molecule has 2 N–H and O–H groups in total. The van der Waals surface area contributed by atoms with E-state index in [2.05, 4.69) is 64.7 Å². The van der Waals surface area contributed by atoms with Crippen LogP contribution in [0.4, 0.5) is 5.95 Å². The molecule has 33 heavy (non-hydrogen) atoms. The van der Waals surface area contributed by atoms with Crippen LogP contribution in [-0.4, -0.2) is 36.4 Å². The van der Waals surface area contributed by atoms with Gasteiger partial charge in [0, 0.05) is 41.5 Å². The summed E-state index contributed by atoms with van der Waals surface area (Å²) in [6.07, 6.45) is 7.11. The molecule has 3 aromatic heterocycles. The second-order valence-corrected chi connectivity index (χ2v) is 8.78. The van der Waals surface area contributed by atoms with E-state index in [-0.39, 0.29) is 11.5 Å². The lowest BCUT2D eigenvalue weighted by Crippen LogP contribution is -2.23. The van der Waals surface area contributed by atoms with Crippen LogP contribution in [0, 0.1) is 0 Å². The Morgan fingerprint density at radius 3 is 2.42 bits per heavy atom. The van der Waals surface area contributed by atoms with Crippen molar-refractivity contribution in [3.63, 3.8) is 0 Å². The molecule has 166 valence electrons. The maximum atomic E-state index is 5.70. The number of anilines is 1. The Labute approximate surface area is 191 Å². The summed E-state index contributed by atoms with van der Waals surface area (Å²) in [7, 11) is 1.67. The lowest BCUT2D eigenvalue weighted by molar-refractivity contribution is 0.408. The predicted molar refractivity (Wildman–Crippen MR) is 129 cm³/mol. The molecule has 0 atom stereocenters. The molecule has 0 aliphatic rings. The van der Waals surface area contributed by atoms with E-state index < -0.39 is 0 Å². The topological polar surface area (TPSA) is 96.7 Å². The Morgan fingerprint density at radius 2 is 1.76 bits per heavy atom. The van der Waals surface area contributed by atoms with Gasteiger partial charge in [-0.05, 0) is 56.7 Å². The van der Waals surface area contributed by atoms with E-state index in [4.69, 9.17) is 15.5 Å². The fraction of sp³-hybridized carbons (Fsp3) is 0.200. The van der Waals surface area contributed by atoms with Gasteiger partial charge in [-0.1, -0.05) is 12.1 Å². The highest BCUT2D eigenvalue weighted by atomic mass is 16.5. The molecule has 2 aromatic carbocycles. The number of aromatic nitrogens is 6. The van der Waals surface area contributed by atoms with Gasteiger partial charge in [0.1, 0.15) is 17.3 Å². The SMILES string of the molecule is COc1cccc(-c2nc3cc(-c4cnc(N)nc4)ccc3n2C(C)(C)C)c1-n1cccn1. The van der Waals surface area contributed by atoms with Crippen molar-refractivity contribution >= 4 is 17.0 Å². The summed E-state index contributed by atoms with van der Waals surface area (Å²) in [5.41, 5.74) is 11.0. The fourth-order valence-electron chi connectivity index (χ4n) is 4.11. The van der Waals surface area contributed by atoms with Crippen LogP contribution in [0.25, 0.3) is 39.2 Å². The summed E-state index contributed by atoms with van der Waals surface area (Å²) < 4.78 is 9.77. The first-order chi connectivity index (χ1) is 15.9. The summed E-state index contributed by atoms with van der Waals surface area (Å²) in [6, 6.07) is 14.1. The van der Waals surface area contributed by atoms with Gasteiger partial charge in [0.25, 0.3) is 0 Å². The van der Waals surface area contributed by atoms with Gasteiger partial charge in [-0.15, -0.1) is 0 Å². The van der Waals surface area contributed by atoms with Crippen molar-refractivity contribution in [2.24, 2.45) is 0 Å². The Hall–Kier alpha value is -4.20. The van der Waals surface area contributed by atoms with Crippen molar-refractivity contribution in [2.75, 3.05) is 12.8 Å². The first-order valence-corrected chi connectivity index (χ1v) is 10.6. The van der Waals surface area contributed by atoms with Gasteiger partial charge >= 0.3 is 0 Å². The average molecular weight is 440 g/mol. The second kappa shape index (κ2) is 7.74. The molecule has 0 bridgehead atoms. The maximum absolute atomic E-state index is 5.70. The third-order valence-electron chi connectivity index (χ3n) is 5.52. The van der Waals surface area contributed by atoms with Crippen LogP contribution in [-0.2, 0) is 5.54 Å². The van der Waals surface area contributed by atoms with E-state index in [1.807, 2.05) is 29.1 Å². The molecule has 0 saturated carbocycles. The number of ether oxygens (including phenoxy) is 1. The van der Waals surface area contributed by atoms with Crippen LogP contribution in [0.5, 0.6) is 5.75 Å². The van der Waals surface area contributed by atoms with Crippen molar-refractivity contribution in [1.29, 1.82) is 0 Å². The Bertz CT molecular complexity index is 1430. The van der Waals surface area contributed by atoms with Crippen LogP contribution in [0.15, 0.2) is 67.3 Å². The molecule has 0 aliphatic heterocycles. The normalized spacial score (nSPS) is 11.8. The number of nitrogens with two attached hydrogens (primary N) is 1. The number of hydrogen-bond donors (Lipinski definition) is 1. The molecule has 0 saturated heterocycles. The van der Waals surface area contributed by atoms with E-state index in [0.29, 0.717) is 0 Å². The third-order valence-corrected chi connectivity index (χ3v) is 5.52. The average Bonchev–Trinajstić information content (AvgIpc) is 3.46. The standard InChI is InChI=1S/C25H25N7O/c1-25(2,3)32-20-10-9-16(17-14-27-24(26)28-15-17)13-19(20)30-23(32)18-7-5-8-21(33-4)22(18)31-12-6-11-29-31/h5-15H,1-4H3,(H2,26,27,28). The highest BCUT2D eigenvalue weighted by Gasteiger charge is 2.26. The largest absolute Gasteiger partial charge is 0.494 e. The molecule has 0 unspecified atom stereocenters. The van der Waals surface area contributed by atoms with Gasteiger partial charge < -0.3 is 15.0 Å². The number of fused-ring (bicyclic) bond motifs is 1.